The largest absolute Gasteiger partial charge is 0.367 e. The van der Waals surface area contributed by atoms with E-state index in [9.17, 15) is 14.0 Å². The Morgan fingerprint density at radius 2 is 1.93 bits per heavy atom. The van der Waals surface area contributed by atoms with Gasteiger partial charge >= 0.3 is 11.8 Å². The van der Waals surface area contributed by atoms with Gasteiger partial charge in [-0.05, 0) is 32.0 Å². The number of hydrogen-bond donors (Lipinski definition) is 2. The fourth-order valence-electron chi connectivity index (χ4n) is 3.10. The van der Waals surface area contributed by atoms with Crippen LogP contribution in [0.1, 0.15) is 12.2 Å². The van der Waals surface area contributed by atoms with E-state index in [1.54, 1.807) is 19.1 Å². The zero-order chi connectivity index (χ0) is 19.9. The zero-order valence-electron chi connectivity index (χ0n) is 15.8. The van der Waals surface area contributed by atoms with E-state index in [0.717, 1.165) is 39.1 Å². The van der Waals surface area contributed by atoms with Gasteiger partial charge in [-0.1, -0.05) is 17.3 Å². The molecule has 1 aliphatic heterocycles. The molecule has 2 N–H and O–H groups in total. The van der Waals surface area contributed by atoms with Crippen molar-refractivity contribution in [2.45, 2.75) is 13.3 Å². The van der Waals surface area contributed by atoms with E-state index < -0.39 is 11.8 Å². The predicted octanol–water partition coefficient (Wildman–Crippen LogP) is 1.39. The molecule has 0 bridgehead atoms. The minimum atomic E-state index is -0.771. The summed E-state index contributed by atoms with van der Waals surface area (Å²) in [4.78, 5) is 27.9. The molecule has 2 amide bonds. The lowest BCUT2D eigenvalue weighted by Gasteiger charge is -2.36. The lowest BCUT2D eigenvalue weighted by molar-refractivity contribution is -0.136. The topological polar surface area (TPSA) is 90.7 Å². The van der Waals surface area contributed by atoms with E-state index in [1.165, 1.54) is 12.1 Å². The Labute approximate surface area is 162 Å². The number of anilines is 2. The van der Waals surface area contributed by atoms with Gasteiger partial charge < -0.3 is 14.7 Å². The highest BCUT2D eigenvalue weighted by atomic mass is 19.1. The number of carbonyl (C=O) groups is 2. The van der Waals surface area contributed by atoms with E-state index in [-0.39, 0.29) is 11.6 Å². The summed E-state index contributed by atoms with van der Waals surface area (Å²) in [6.45, 7) is 6.06. The van der Waals surface area contributed by atoms with Gasteiger partial charge in [-0.2, -0.15) is 0 Å². The molecule has 0 radical (unpaired) electrons. The summed E-state index contributed by atoms with van der Waals surface area (Å²) >= 11 is 0. The van der Waals surface area contributed by atoms with Gasteiger partial charge in [-0.3, -0.25) is 19.8 Å². The molecular formula is C19H24FN5O3. The van der Waals surface area contributed by atoms with Gasteiger partial charge in [0.25, 0.3) is 0 Å². The molecule has 1 aromatic carbocycles. The third kappa shape index (κ3) is 5.29. The van der Waals surface area contributed by atoms with Crippen molar-refractivity contribution in [2.75, 3.05) is 49.5 Å². The second-order valence-corrected chi connectivity index (χ2v) is 6.67. The molecule has 0 aliphatic carbocycles. The predicted molar refractivity (Wildman–Crippen MR) is 103 cm³/mol. The smallest absolute Gasteiger partial charge is 0.314 e. The minimum Gasteiger partial charge on any atom is -0.367 e. The number of aryl methyl sites for hydroxylation is 1. The Morgan fingerprint density at radius 1 is 1.18 bits per heavy atom. The van der Waals surface area contributed by atoms with Crippen LogP contribution >= 0.6 is 0 Å². The van der Waals surface area contributed by atoms with Crippen molar-refractivity contribution in [3.63, 3.8) is 0 Å². The Morgan fingerprint density at radius 3 is 2.61 bits per heavy atom. The van der Waals surface area contributed by atoms with E-state index in [2.05, 4.69) is 20.7 Å². The molecule has 1 fully saturated rings. The second kappa shape index (κ2) is 9.32. The molecule has 0 spiro atoms. The van der Waals surface area contributed by atoms with Crippen LogP contribution < -0.4 is 15.5 Å². The zero-order valence-corrected chi connectivity index (χ0v) is 15.8. The van der Waals surface area contributed by atoms with Gasteiger partial charge in [0.15, 0.2) is 5.82 Å². The Bertz CT molecular complexity index is 817. The molecule has 8 nitrogen and oxygen atoms in total. The van der Waals surface area contributed by atoms with Crippen LogP contribution in [-0.2, 0) is 9.59 Å². The van der Waals surface area contributed by atoms with Gasteiger partial charge in [0, 0.05) is 38.8 Å². The Kier molecular flexibility index (Phi) is 6.59. The van der Waals surface area contributed by atoms with Crippen molar-refractivity contribution in [2.24, 2.45) is 0 Å². The molecule has 1 saturated heterocycles. The number of amides is 2. The summed E-state index contributed by atoms with van der Waals surface area (Å²) in [5.74, 6) is -0.911. The van der Waals surface area contributed by atoms with Crippen molar-refractivity contribution in [3.8, 4) is 0 Å². The van der Waals surface area contributed by atoms with Gasteiger partial charge in [0.2, 0.25) is 0 Å². The maximum absolute atomic E-state index is 13.9. The number of rotatable bonds is 6. The van der Waals surface area contributed by atoms with Gasteiger partial charge in [-0.15, -0.1) is 0 Å². The number of hydrogen-bond acceptors (Lipinski definition) is 6. The first kappa shape index (κ1) is 19.8. The molecule has 2 aromatic rings. The molecule has 0 unspecified atom stereocenters. The Balaban J connectivity index is 1.32. The van der Waals surface area contributed by atoms with Gasteiger partial charge in [-0.25, -0.2) is 4.39 Å². The number of carbonyl (C=O) groups excluding carboxylic acids is 2. The van der Waals surface area contributed by atoms with Gasteiger partial charge in [0.05, 0.1) is 5.69 Å². The first-order chi connectivity index (χ1) is 13.5. The van der Waals surface area contributed by atoms with Crippen LogP contribution in [0.5, 0.6) is 0 Å². The lowest BCUT2D eigenvalue weighted by atomic mass is 10.2. The summed E-state index contributed by atoms with van der Waals surface area (Å²) in [5.41, 5.74) is 0.641. The molecule has 0 atom stereocenters. The van der Waals surface area contributed by atoms with Crippen LogP contribution in [0.2, 0.25) is 0 Å². The average molecular weight is 389 g/mol. The molecule has 1 aromatic heterocycles. The minimum absolute atomic E-state index is 0.197. The van der Waals surface area contributed by atoms with Crippen LogP contribution in [0.25, 0.3) is 0 Å². The van der Waals surface area contributed by atoms with Crippen LogP contribution in [0, 0.1) is 12.7 Å². The molecule has 2 heterocycles. The number of para-hydroxylation sites is 1. The average Bonchev–Trinajstić information content (AvgIpc) is 3.10. The molecule has 28 heavy (non-hydrogen) atoms. The fourth-order valence-corrected chi connectivity index (χ4v) is 3.10. The van der Waals surface area contributed by atoms with E-state index >= 15 is 0 Å². The third-order valence-electron chi connectivity index (χ3n) is 4.58. The van der Waals surface area contributed by atoms with Crippen LogP contribution in [0.15, 0.2) is 34.9 Å². The number of halogens is 1. The second-order valence-electron chi connectivity index (χ2n) is 6.67. The van der Waals surface area contributed by atoms with Crippen molar-refractivity contribution in [3.05, 3.63) is 41.9 Å². The first-order valence-corrected chi connectivity index (χ1v) is 9.27. The third-order valence-corrected chi connectivity index (χ3v) is 4.58. The highest BCUT2D eigenvalue weighted by Crippen LogP contribution is 2.20. The molecule has 3 rings (SSSR count). The van der Waals surface area contributed by atoms with E-state index in [1.807, 2.05) is 11.0 Å². The highest BCUT2D eigenvalue weighted by molar-refractivity contribution is 6.39. The molecule has 1 aliphatic rings. The number of benzene rings is 1. The normalized spacial score (nSPS) is 14.7. The molecule has 9 heteroatoms. The van der Waals surface area contributed by atoms with E-state index in [0.29, 0.717) is 18.0 Å². The van der Waals surface area contributed by atoms with Crippen LogP contribution in [0.4, 0.5) is 15.9 Å². The Hall–Kier alpha value is -2.94. The molecular weight excluding hydrogens is 365 g/mol. The number of nitrogens with one attached hydrogen (secondary N) is 2. The summed E-state index contributed by atoms with van der Waals surface area (Å²) in [7, 11) is 0. The van der Waals surface area contributed by atoms with Crippen molar-refractivity contribution in [1.82, 2.24) is 15.4 Å². The lowest BCUT2D eigenvalue weighted by Crippen LogP contribution is -2.47. The standard InChI is InChI=1S/C19H24FN5O3/c1-14-13-17(23-28-14)22-19(27)18(26)21-7-4-8-24-9-11-25(12-10-24)16-6-3-2-5-15(16)20/h2-3,5-6,13H,4,7-12H2,1H3,(H,21,26)(H,22,23,27). The van der Waals surface area contributed by atoms with E-state index in [4.69, 9.17) is 4.52 Å². The fraction of sp³-hybridized carbons (Fsp3) is 0.421. The summed E-state index contributed by atoms with van der Waals surface area (Å²) in [6, 6.07) is 8.34. The molecule has 0 saturated carbocycles. The van der Waals surface area contributed by atoms with Crippen molar-refractivity contribution in [1.29, 1.82) is 0 Å². The number of nitrogens with zero attached hydrogens (tertiary/aromatic N) is 3. The van der Waals surface area contributed by atoms with Crippen molar-refractivity contribution >= 4 is 23.3 Å². The SMILES string of the molecule is Cc1cc(NC(=O)C(=O)NCCCN2CCN(c3ccccc3F)CC2)no1. The number of aromatic nitrogens is 1. The number of piperazine rings is 1. The molecule has 150 valence electrons. The van der Waals surface area contributed by atoms with Gasteiger partial charge in [0.1, 0.15) is 11.6 Å². The quantitative estimate of drug-likeness (QED) is 0.573. The van der Waals surface area contributed by atoms with Crippen LogP contribution in [-0.4, -0.2) is 61.1 Å². The summed E-state index contributed by atoms with van der Waals surface area (Å²) < 4.78 is 18.7. The monoisotopic (exact) mass is 389 g/mol. The van der Waals surface area contributed by atoms with Crippen LogP contribution in [0.3, 0.4) is 0 Å². The summed E-state index contributed by atoms with van der Waals surface area (Å²) in [5, 5.41) is 8.58. The first-order valence-electron chi connectivity index (χ1n) is 9.27. The highest BCUT2D eigenvalue weighted by Gasteiger charge is 2.19. The van der Waals surface area contributed by atoms with Crippen molar-refractivity contribution < 1.29 is 18.5 Å². The maximum Gasteiger partial charge on any atom is 0.314 e. The maximum atomic E-state index is 13.9. The summed E-state index contributed by atoms with van der Waals surface area (Å²) in [6.07, 6.45) is 0.724.